The number of carbonyl (C=O) groups is 1. The van der Waals surface area contributed by atoms with Crippen molar-refractivity contribution in [2.24, 2.45) is 0 Å². The summed E-state index contributed by atoms with van der Waals surface area (Å²) < 4.78 is 16.3. The van der Waals surface area contributed by atoms with E-state index in [1.54, 1.807) is 25.6 Å². The molecule has 140 valence electrons. The number of amides is 1. The molecule has 0 bridgehead atoms. The minimum Gasteiger partial charge on any atom is -0.472 e. The van der Waals surface area contributed by atoms with Crippen LogP contribution in [-0.4, -0.2) is 52.2 Å². The maximum absolute atomic E-state index is 11.4. The van der Waals surface area contributed by atoms with E-state index in [0.29, 0.717) is 35.7 Å². The lowest BCUT2D eigenvalue weighted by molar-refractivity contribution is 0.102. The lowest BCUT2D eigenvalue weighted by Gasteiger charge is -2.13. The third kappa shape index (κ3) is 3.72. The van der Waals surface area contributed by atoms with E-state index < -0.39 is 0 Å². The van der Waals surface area contributed by atoms with E-state index in [0.717, 1.165) is 5.76 Å². The van der Waals surface area contributed by atoms with E-state index in [2.05, 4.69) is 20.3 Å². The van der Waals surface area contributed by atoms with Crippen LogP contribution < -0.4 is 10.1 Å². The summed E-state index contributed by atoms with van der Waals surface area (Å²) in [5, 5.41) is 3.95. The van der Waals surface area contributed by atoms with Gasteiger partial charge in [-0.3, -0.25) is 0 Å². The Labute approximate surface area is 159 Å². The Balaban J connectivity index is 1.56. The summed E-state index contributed by atoms with van der Waals surface area (Å²) in [6, 6.07) is 5.44. The van der Waals surface area contributed by atoms with Crippen LogP contribution in [0.1, 0.15) is 5.76 Å². The van der Waals surface area contributed by atoms with Gasteiger partial charge in [0.05, 0.1) is 19.4 Å². The van der Waals surface area contributed by atoms with Gasteiger partial charge >= 0.3 is 6.09 Å². The zero-order valence-corrected chi connectivity index (χ0v) is 15.1. The Morgan fingerprint density at radius 1 is 1.41 bits per heavy atom. The summed E-state index contributed by atoms with van der Waals surface area (Å²) in [5.41, 5.74) is 0.470. The fraction of sp³-hybridized carbons (Fsp3) is 0.294. The second-order valence-electron chi connectivity index (χ2n) is 5.98. The molecule has 9 nitrogen and oxygen atoms in total. The number of furan rings is 1. The van der Waals surface area contributed by atoms with Crippen LogP contribution in [0.5, 0.6) is 5.88 Å². The van der Waals surface area contributed by atoms with Gasteiger partial charge < -0.3 is 24.1 Å². The van der Waals surface area contributed by atoms with E-state index >= 15 is 0 Å². The first-order chi connectivity index (χ1) is 13.1. The van der Waals surface area contributed by atoms with Gasteiger partial charge in [0.15, 0.2) is 6.10 Å². The minimum absolute atomic E-state index is 0.0642. The lowest BCUT2D eigenvalue weighted by Crippen LogP contribution is -2.23. The van der Waals surface area contributed by atoms with Gasteiger partial charge in [-0.15, -0.1) is 0 Å². The molecule has 1 amide bonds. The highest BCUT2D eigenvalue weighted by Crippen LogP contribution is 2.28. The molecular formula is C17H16ClN5O4. The Morgan fingerprint density at radius 3 is 3.04 bits per heavy atom. The van der Waals surface area contributed by atoms with Crippen LogP contribution in [0.3, 0.4) is 0 Å². The average molecular weight is 390 g/mol. The van der Waals surface area contributed by atoms with Crippen molar-refractivity contribution in [2.45, 2.75) is 12.6 Å². The van der Waals surface area contributed by atoms with Crippen molar-refractivity contribution < 1.29 is 18.7 Å². The van der Waals surface area contributed by atoms with Gasteiger partial charge in [-0.05, 0) is 29.8 Å². The number of rotatable bonds is 6. The van der Waals surface area contributed by atoms with Crippen LogP contribution >= 0.6 is 11.6 Å². The molecule has 1 saturated heterocycles. The first-order valence-corrected chi connectivity index (χ1v) is 8.61. The third-order valence-electron chi connectivity index (χ3n) is 4.03. The molecule has 10 heteroatoms. The molecule has 1 unspecified atom stereocenters. The number of nitrogens with one attached hydrogen (secondary N) is 1. The largest absolute Gasteiger partial charge is 0.472 e. The summed E-state index contributed by atoms with van der Waals surface area (Å²) in [6.45, 7) is 1.06. The van der Waals surface area contributed by atoms with Gasteiger partial charge in [0.25, 0.3) is 0 Å². The normalized spacial score (nSPS) is 16.6. The van der Waals surface area contributed by atoms with Crippen molar-refractivity contribution in [1.82, 2.24) is 19.9 Å². The monoisotopic (exact) mass is 389 g/mol. The quantitative estimate of drug-likeness (QED) is 0.642. The van der Waals surface area contributed by atoms with Gasteiger partial charge in [0, 0.05) is 18.6 Å². The van der Waals surface area contributed by atoms with Crippen LogP contribution in [0.2, 0.25) is 5.28 Å². The number of likely N-dealkylation sites (N-methyl/N-ethyl adjacent to an activating group) is 1. The summed E-state index contributed by atoms with van der Waals surface area (Å²) in [5.74, 6) is 1.60. The molecule has 27 heavy (non-hydrogen) atoms. The van der Waals surface area contributed by atoms with Crippen molar-refractivity contribution in [2.75, 3.05) is 25.5 Å². The van der Waals surface area contributed by atoms with Crippen LogP contribution in [0, 0.1) is 0 Å². The van der Waals surface area contributed by atoms with Gasteiger partial charge in [0.2, 0.25) is 11.2 Å². The Kier molecular flexibility index (Phi) is 4.68. The molecule has 0 aliphatic carbocycles. The fourth-order valence-corrected chi connectivity index (χ4v) is 2.91. The van der Waals surface area contributed by atoms with Crippen molar-refractivity contribution in [3.05, 3.63) is 41.7 Å². The van der Waals surface area contributed by atoms with E-state index in [1.165, 1.54) is 4.90 Å². The number of fused-ring (bicyclic) bond motifs is 1. The van der Waals surface area contributed by atoms with Crippen molar-refractivity contribution in [3.8, 4) is 5.88 Å². The van der Waals surface area contributed by atoms with E-state index in [-0.39, 0.29) is 24.1 Å². The second-order valence-corrected chi connectivity index (χ2v) is 6.32. The third-order valence-corrected chi connectivity index (χ3v) is 4.20. The highest BCUT2D eigenvalue weighted by atomic mass is 35.5. The molecule has 0 aromatic carbocycles. The number of aromatic nitrogens is 3. The number of anilines is 1. The lowest BCUT2D eigenvalue weighted by atomic mass is 10.2. The van der Waals surface area contributed by atoms with E-state index in [9.17, 15) is 4.79 Å². The second kappa shape index (κ2) is 7.28. The molecule has 3 aromatic rings. The molecule has 3 aromatic heterocycles. The zero-order valence-electron chi connectivity index (χ0n) is 14.4. The Morgan fingerprint density at radius 2 is 2.30 bits per heavy atom. The topological polar surface area (TPSA) is 103 Å². The summed E-state index contributed by atoms with van der Waals surface area (Å²) >= 11 is 6.08. The number of cyclic esters (lactones) is 1. The molecule has 1 N–H and O–H groups in total. The Hall–Kier alpha value is -3.07. The van der Waals surface area contributed by atoms with E-state index in [4.69, 9.17) is 25.5 Å². The molecule has 0 saturated carbocycles. The number of ether oxygens (including phenoxy) is 2. The standard InChI is InChI=1S/C17H16ClN5O4/c1-23-8-11(27-17(23)24)9-26-15-13-12(4-5-19-15)14(22-16(18)21-13)20-7-10-3-2-6-25-10/h2-6,11H,7-9H2,1H3,(H,20,21,22). The molecule has 1 aliphatic rings. The predicted molar refractivity (Wildman–Crippen MR) is 96.8 cm³/mol. The van der Waals surface area contributed by atoms with Crippen LogP contribution in [0.15, 0.2) is 35.1 Å². The molecule has 4 heterocycles. The molecular weight excluding hydrogens is 374 g/mol. The van der Waals surface area contributed by atoms with Gasteiger partial charge in [0.1, 0.15) is 23.7 Å². The highest BCUT2D eigenvalue weighted by molar-refractivity contribution is 6.28. The summed E-state index contributed by atoms with van der Waals surface area (Å²) in [6.07, 6.45) is 2.46. The fourth-order valence-electron chi connectivity index (χ4n) is 2.74. The van der Waals surface area contributed by atoms with Crippen molar-refractivity contribution in [3.63, 3.8) is 0 Å². The Bertz CT molecular complexity index is 965. The molecule has 0 radical (unpaired) electrons. The molecule has 4 rings (SSSR count). The van der Waals surface area contributed by atoms with Gasteiger partial charge in [-0.2, -0.15) is 0 Å². The number of nitrogens with zero attached hydrogens (tertiary/aromatic N) is 4. The highest BCUT2D eigenvalue weighted by Gasteiger charge is 2.29. The van der Waals surface area contributed by atoms with Gasteiger partial charge in [-0.25, -0.2) is 19.7 Å². The van der Waals surface area contributed by atoms with Gasteiger partial charge in [-0.1, -0.05) is 0 Å². The maximum atomic E-state index is 11.4. The average Bonchev–Trinajstić information content (AvgIpc) is 3.28. The zero-order chi connectivity index (χ0) is 18.8. The van der Waals surface area contributed by atoms with E-state index in [1.807, 2.05) is 12.1 Å². The minimum atomic E-state index is -0.371. The molecule has 1 fully saturated rings. The summed E-state index contributed by atoms with van der Waals surface area (Å²) in [7, 11) is 1.67. The number of pyridine rings is 1. The van der Waals surface area contributed by atoms with Crippen molar-refractivity contribution >= 4 is 34.4 Å². The van der Waals surface area contributed by atoms with Crippen LogP contribution in [-0.2, 0) is 11.3 Å². The smallest absolute Gasteiger partial charge is 0.410 e. The first kappa shape index (κ1) is 17.3. The predicted octanol–water partition coefficient (Wildman–Crippen LogP) is 2.71. The first-order valence-electron chi connectivity index (χ1n) is 8.23. The molecule has 1 atom stereocenters. The number of carbonyl (C=O) groups excluding carboxylic acids is 1. The van der Waals surface area contributed by atoms with Crippen LogP contribution in [0.4, 0.5) is 10.6 Å². The number of halogens is 1. The SMILES string of the molecule is CN1CC(COc2nccc3c(NCc4ccco4)nc(Cl)nc23)OC1=O. The number of hydrogen-bond acceptors (Lipinski definition) is 8. The molecule has 1 aliphatic heterocycles. The maximum Gasteiger partial charge on any atom is 0.410 e. The summed E-state index contributed by atoms with van der Waals surface area (Å²) in [4.78, 5) is 25.6. The number of hydrogen-bond donors (Lipinski definition) is 1. The van der Waals surface area contributed by atoms with Crippen LogP contribution in [0.25, 0.3) is 10.9 Å². The molecule has 0 spiro atoms. The van der Waals surface area contributed by atoms with Crippen molar-refractivity contribution in [1.29, 1.82) is 0 Å².